The summed E-state index contributed by atoms with van der Waals surface area (Å²) in [6, 6.07) is 61.5. The van der Waals surface area contributed by atoms with Crippen LogP contribution in [-0.2, 0) is 0 Å². The molecule has 0 atom stereocenters. The van der Waals surface area contributed by atoms with Crippen LogP contribution >= 0.6 is 0 Å². The molecule has 2 aromatic heterocycles. The van der Waals surface area contributed by atoms with Crippen molar-refractivity contribution in [1.29, 1.82) is 0 Å². The lowest BCUT2D eigenvalue weighted by Gasteiger charge is -2.15. The number of hydrogen-bond donors (Lipinski definition) is 0. The third-order valence-corrected chi connectivity index (χ3v) is 10.1. The lowest BCUT2D eigenvalue weighted by atomic mass is 9.92. The molecule has 0 bridgehead atoms. The van der Waals surface area contributed by atoms with Gasteiger partial charge < -0.3 is 4.74 Å². The van der Waals surface area contributed by atoms with Crippen molar-refractivity contribution in [3.05, 3.63) is 188 Å². The first-order valence-corrected chi connectivity index (χ1v) is 18.6. The van der Waals surface area contributed by atoms with Crippen molar-refractivity contribution >= 4 is 0 Å². The molecule has 6 heteroatoms. The Morgan fingerprint density at radius 2 is 0.643 bits per heavy atom. The van der Waals surface area contributed by atoms with Gasteiger partial charge in [0.25, 0.3) is 0 Å². The van der Waals surface area contributed by atoms with Crippen molar-refractivity contribution in [3.8, 4) is 102 Å². The summed E-state index contributed by atoms with van der Waals surface area (Å²) >= 11 is 0. The third kappa shape index (κ3) is 6.09. The summed E-state index contributed by atoms with van der Waals surface area (Å²) in [4.78, 5) is 25.3. The summed E-state index contributed by atoms with van der Waals surface area (Å²) in [6.45, 7) is 2.10. The van der Waals surface area contributed by atoms with Crippen molar-refractivity contribution in [2.45, 2.75) is 6.92 Å². The predicted molar refractivity (Wildman–Crippen MR) is 224 cm³/mol. The Balaban J connectivity index is 1.10. The fourth-order valence-electron chi connectivity index (χ4n) is 7.35. The van der Waals surface area contributed by atoms with Gasteiger partial charge >= 0.3 is 0 Å². The summed E-state index contributed by atoms with van der Waals surface area (Å²) in [5, 5.41) is 0. The SMILES string of the molecule is Cc1c(-c2ccccc2)nc(-c2ccc3c(c2)-c2ccccc2-c2cc(-c4nc(-c5ccccc5)nc(-c5ccccc5)n4)ccc2O3)nc1-c1ccccc1. The van der Waals surface area contributed by atoms with Crippen molar-refractivity contribution in [1.82, 2.24) is 24.9 Å². The minimum Gasteiger partial charge on any atom is -0.456 e. The van der Waals surface area contributed by atoms with Crippen LogP contribution < -0.4 is 4.74 Å². The Morgan fingerprint density at radius 3 is 1.05 bits per heavy atom. The average molecular weight is 720 g/mol. The number of ether oxygens (including phenoxy) is 1. The Hall–Kier alpha value is -7.57. The van der Waals surface area contributed by atoms with E-state index in [4.69, 9.17) is 29.7 Å². The van der Waals surface area contributed by atoms with E-state index in [0.717, 1.165) is 84.1 Å². The summed E-state index contributed by atoms with van der Waals surface area (Å²) in [7, 11) is 0. The maximum absolute atomic E-state index is 6.76. The molecule has 3 heterocycles. The minimum absolute atomic E-state index is 0.585. The lowest BCUT2D eigenvalue weighted by Crippen LogP contribution is -2.00. The average Bonchev–Trinajstić information content (AvgIpc) is 3.41. The molecule has 56 heavy (non-hydrogen) atoms. The number of nitrogens with zero attached hydrogens (tertiary/aromatic N) is 5. The molecular formula is C50H33N5O. The molecule has 1 aliphatic heterocycles. The van der Waals surface area contributed by atoms with Crippen molar-refractivity contribution in [3.63, 3.8) is 0 Å². The monoisotopic (exact) mass is 719 g/mol. The molecule has 1 aliphatic rings. The molecule has 0 saturated carbocycles. The summed E-state index contributed by atoms with van der Waals surface area (Å²) in [5.74, 6) is 3.97. The van der Waals surface area contributed by atoms with Gasteiger partial charge in [-0.15, -0.1) is 0 Å². The van der Waals surface area contributed by atoms with Crippen LogP contribution in [-0.4, -0.2) is 24.9 Å². The standard InChI is InChI=1S/C50H33N5O/c1-32-45(33-16-6-2-7-17-33)51-49(52-46(32)34-18-8-3-9-19-34)37-26-28-43-41(30-37)39-24-14-15-25-40(39)42-31-38(27-29-44(42)56-43)50-54-47(35-20-10-4-11-21-35)53-48(55-50)36-22-12-5-13-23-36/h2-31H,1H3. The van der Waals surface area contributed by atoms with Crippen molar-refractivity contribution < 1.29 is 4.74 Å². The van der Waals surface area contributed by atoms with Crippen LogP contribution in [0.3, 0.4) is 0 Å². The summed E-state index contributed by atoms with van der Waals surface area (Å²) in [5.41, 5.74) is 12.5. The van der Waals surface area contributed by atoms with Gasteiger partial charge in [0.2, 0.25) is 0 Å². The van der Waals surface area contributed by atoms with Crippen LogP contribution in [0.1, 0.15) is 5.56 Å². The molecule has 0 aliphatic carbocycles. The second-order valence-electron chi connectivity index (χ2n) is 13.7. The number of rotatable bonds is 6. The molecular weight excluding hydrogens is 687 g/mol. The van der Waals surface area contributed by atoms with Gasteiger partial charge in [-0.05, 0) is 54.4 Å². The van der Waals surface area contributed by atoms with E-state index >= 15 is 0 Å². The van der Waals surface area contributed by atoms with Crippen molar-refractivity contribution in [2.75, 3.05) is 0 Å². The minimum atomic E-state index is 0.585. The van der Waals surface area contributed by atoms with Crippen LogP contribution in [0.4, 0.5) is 0 Å². The molecule has 264 valence electrons. The molecule has 9 aromatic rings. The van der Waals surface area contributed by atoms with E-state index in [-0.39, 0.29) is 0 Å². The maximum Gasteiger partial charge on any atom is 0.164 e. The Kier molecular flexibility index (Phi) is 8.26. The molecule has 0 amide bonds. The zero-order chi connectivity index (χ0) is 37.4. The molecule has 0 radical (unpaired) electrons. The summed E-state index contributed by atoms with van der Waals surface area (Å²) in [6.07, 6.45) is 0. The van der Waals surface area contributed by atoms with Gasteiger partial charge in [-0.1, -0.05) is 146 Å². The fourth-order valence-corrected chi connectivity index (χ4v) is 7.35. The van der Waals surface area contributed by atoms with Crippen LogP contribution in [0.2, 0.25) is 0 Å². The van der Waals surface area contributed by atoms with Gasteiger partial charge in [-0.3, -0.25) is 0 Å². The molecule has 0 saturated heterocycles. The highest BCUT2D eigenvalue weighted by Gasteiger charge is 2.24. The van der Waals surface area contributed by atoms with Gasteiger partial charge in [-0.2, -0.15) is 0 Å². The highest BCUT2D eigenvalue weighted by atomic mass is 16.5. The summed E-state index contributed by atoms with van der Waals surface area (Å²) < 4.78 is 6.76. The Morgan fingerprint density at radius 1 is 0.304 bits per heavy atom. The number of aromatic nitrogens is 5. The van der Waals surface area contributed by atoms with Crippen LogP contribution in [0, 0.1) is 6.92 Å². The number of hydrogen-bond acceptors (Lipinski definition) is 6. The van der Waals surface area contributed by atoms with Gasteiger partial charge in [0.05, 0.1) is 11.4 Å². The van der Waals surface area contributed by atoms with E-state index in [1.54, 1.807) is 0 Å². The number of fused-ring (bicyclic) bond motifs is 5. The fraction of sp³-hybridized carbons (Fsp3) is 0.0200. The normalized spacial score (nSPS) is 11.4. The first kappa shape index (κ1) is 33.0. The molecule has 10 rings (SSSR count). The molecule has 7 aromatic carbocycles. The smallest absolute Gasteiger partial charge is 0.164 e. The van der Waals surface area contributed by atoms with Crippen LogP contribution in [0.5, 0.6) is 11.5 Å². The highest BCUT2D eigenvalue weighted by Crippen LogP contribution is 2.48. The Bertz CT molecular complexity index is 2760. The van der Waals surface area contributed by atoms with E-state index in [1.807, 2.05) is 115 Å². The first-order chi connectivity index (χ1) is 27.7. The maximum atomic E-state index is 6.76. The van der Waals surface area contributed by atoms with Crippen LogP contribution in [0.25, 0.3) is 90.3 Å². The third-order valence-electron chi connectivity index (χ3n) is 10.1. The molecule has 0 fully saturated rings. The number of benzene rings is 7. The van der Waals surface area contributed by atoms with Crippen LogP contribution in [0.15, 0.2) is 182 Å². The van der Waals surface area contributed by atoms with E-state index < -0.39 is 0 Å². The molecule has 0 N–H and O–H groups in total. The second-order valence-corrected chi connectivity index (χ2v) is 13.7. The molecule has 0 unspecified atom stereocenters. The zero-order valence-corrected chi connectivity index (χ0v) is 30.5. The van der Waals surface area contributed by atoms with E-state index in [1.165, 1.54) is 0 Å². The molecule has 0 spiro atoms. The first-order valence-electron chi connectivity index (χ1n) is 18.6. The van der Waals surface area contributed by atoms with E-state index in [0.29, 0.717) is 23.3 Å². The van der Waals surface area contributed by atoms with E-state index in [2.05, 4.69) is 73.7 Å². The highest BCUT2D eigenvalue weighted by molar-refractivity contribution is 5.93. The van der Waals surface area contributed by atoms with Gasteiger partial charge in [0.15, 0.2) is 23.3 Å². The Labute approximate surface area is 324 Å². The van der Waals surface area contributed by atoms with E-state index in [9.17, 15) is 0 Å². The topological polar surface area (TPSA) is 73.7 Å². The molecule has 6 nitrogen and oxygen atoms in total. The zero-order valence-electron chi connectivity index (χ0n) is 30.5. The lowest BCUT2D eigenvalue weighted by molar-refractivity contribution is 0.488. The predicted octanol–water partition coefficient (Wildman–Crippen LogP) is 12.4. The van der Waals surface area contributed by atoms with Gasteiger partial charge in [0.1, 0.15) is 11.5 Å². The van der Waals surface area contributed by atoms with Crippen molar-refractivity contribution in [2.24, 2.45) is 0 Å². The van der Waals surface area contributed by atoms with Gasteiger partial charge in [-0.25, -0.2) is 24.9 Å². The van der Waals surface area contributed by atoms with Gasteiger partial charge in [0, 0.05) is 50.1 Å². The largest absolute Gasteiger partial charge is 0.456 e. The quantitative estimate of drug-likeness (QED) is 0.170. The second kappa shape index (κ2) is 14.0.